The Morgan fingerprint density at radius 2 is 1.85 bits per heavy atom. The first-order valence-corrected chi connectivity index (χ1v) is 8.77. The zero-order valence-electron chi connectivity index (χ0n) is 13.5. The normalized spacial score (nSPS) is 33.5. The molecule has 3 atom stereocenters. The summed E-state index contributed by atoms with van der Waals surface area (Å²) in [6.07, 6.45) is 9.32. The van der Waals surface area contributed by atoms with Gasteiger partial charge in [-0.05, 0) is 70.0 Å². The van der Waals surface area contributed by atoms with Crippen LogP contribution in [0.2, 0.25) is 0 Å². The molecule has 0 aromatic carbocycles. The van der Waals surface area contributed by atoms with Gasteiger partial charge in [0.1, 0.15) is 0 Å². The fourth-order valence-corrected chi connectivity index (χ4v) is 4.30. The number of likely N-dealkylation sites (tertiary alicyclic amines) is 1. The largest absolute Gasteiger partial charge is 0.396 e. The molecular weight excluding hydrogens is 248 g/mol. The van der Waals surface area contributed by atoms with Crippen LogP contribution in [0.3, 0.4) is 0 Å². The summed E-state index contributed by atoms with van der Waals surface area (Å²) in [4.78, 5) is 2.65. The summed E-state index contributed by atoms with van der Waals surface area (Å²) in [6, 6.07) is 0.721. The average molecular weight is 282 g/mol. The van der Waals surface area contributed by atoms with Gasteiger partial charge < -0.3 is 15.3 Å². The summed E-state index contributed by atoms with van der Waals surface area (Å²) in [5.41, 5.74) is 0. The third-order valence-electron chi connectivity index (χ3n) is 5.62. The summed E-state index contributed by atoms with van der Waals surface area (Å²) in [5.74, 6) is 2.35. The smallest absolute Gasteiger partial charge is 0.0460 e. The number of aliphatic hydroxyl groups excluding tert-OH is 1. The Bertz CT molecular complexity index is 264. The molecule has 0 aromatic heterocycles. The average Bonchev–Trinajstić information content (AvgIpc) is 2.49. The molecule has 1 heterocycles. The van der Waals surface area contributed by atoms with Crippen LogP contribution in [0.15, 0.2) is 0 Å². The van der Waals surface area contributed by atoms with E-state index in [4.69, 9.17) is 0 Å². The van der Waals surface area contributed by atoms with Crippen molar-refractivity contribution in [1.82, 2.24) is 10.2 Å². The van der Waals surface area contributed by atoms with Crippen molar-refractivity contribution in [3.05, 3.63) is 0 Å². The number of rotatable bonds is 6. The van der Waals surface area contributed by atoms with E-state index in [0.29, 0.717) is 12.5 Å². The quantitative estimate of drug-likeness (QED) is 0.786. The highest BCUT2D eigenvalue weighted by Crippen LogP contribution is 2.33. The minimum atomic E-state index is 0.384. The van der Waals surface area contributed by atoms with Gasteiger partial charge >= 0.3 is 0 Å². The van der Waals surface area contributed by atoms with Gasteiger partial charge in [-0.25, -0.2) is 0 Å². The van der Waals surface area contributed by atoms with Crippen molar-refractivity contribution < 1.29 is 5.11 Å². The van der Waals surface area contributed by atoms with Crippen molar-refractivity contribution >= 4 is 0 Å². The summed E-state index contributed by atoms with van der Waals surface area (Å²) in [7, 11) is 2.13. The molecule has 20 heavy (non-hydrogen) atoms. The molecule has 1 saturated heterocycles. The predicted octanol–water partition coefficient (Wildman–Crippen LogP) is 2.50. The van der Waals surface area contributed by atoms with E-state index in [1.54, 1.807) is 0 Å². The number of nitrogens with zero attached hydrogens (tertiary/aromatic N) is 1. The molecule has 1 saturated carbocycles. The number of nitrogens with one attached hydrogen (secondary N) is 1. The Labute approximate surface area is 125 Å². The van der Waals surface area contributed by atoms with E-state index in [0.717, 1.165) is 17.9 Å². The Hall–Kier alpha value is -0.120. The molecule has 1 aliphatic heterocycles. The monoisotopic (exact) mass is 282 g/mol. The van der Waals surface area contributed by atoms with Crippen molar-refractivity contribution in [2.24, 2.45) is 17.8 Å². The maximum Gasteiger partial charge on any atom is 0.0460 e. The highest BCUT2D eigenvalue weighted by atomic mass is 16.3. The summed E-state index contributed by atoms with van der Waals surface area (Å²) >= 11 is 0. The fraction of sp³-hybridized carbons (Fsp3) is 1.00. The van der Waals surface area contributed by atoms with Crippen LogP contribution in [0.5, 0.6) is 0 Å². The highest BCUT2D eigenvalue weighted by Gasteiger charge is 2.31. The van der Waals surface area contributed by atoms with Gasteiger partial charge in [-0.1, -0.05) is 19.8 Å². The minimum absolute atomic E-state index is 0.384. The highest BCUT2D eigenvalue weighted by molar-refractivity contribution is 4.87. The Balaban J connectivity index is 1.81. The lowest BCUT2D eigenvalue weighted by Crippen LogP contribution is -2.46. The van der Waals surface area contributed by atoms with Gasteiger partial charge in [-0.3, -0.25) is 0 Å². The number of hydrogen-bond donors (Lipinski definition) is 2. The van der Waals surface area contributed by atoms with Crippen molar-refractivity contribution in [1.29, 1.82) is 0 Å². The van der Waals surface area contributed by atoms with Gasteiger partial charge in [0.25, 0.3) is 0 Å². The van der Waals surface area contributed by atoms with Gasteiger partial charge in [0.15, 0.2) is 0 Å². The Morgan fingerprint density at radius 1 is 1.10 bits per heavy atom. The fourth-order valence-electron chi connectivity index (χ4n) is 4.30. The number of piperidine rings is 1. The molecule has 3 nitrogen and oxygen atoms in total. The van der Waals surface area contributed by atoms with Gasteiger partial charge in [0.2, 0.25) is 0 Å². The topological polar surface area (TPSA) is 35.5 Å². The van der Waals surface area contributed by atoms with E-state index in [1.807, 2.05) is 0 Å². The third-order valence-corrected chi connectivity index (χ3v) is 5.62. The molecule has 0 aromatic rings. The lowest BCUT2D eigenvalue weighted by atomic mass is 9.76. The maximum atomic E-state index is 9.24. The molecule has 0 bridgehead atoms. The molecule has 0 spiro atoms. The first kappa shape index (κ1) is 16.3. The minimum Gasteiger partial charge on any atom is -0.396 e. The first-order valence-electron chi connectivity index (χ1n) is 8.77. The zero-order valence-corrected chi connectivity index (χ0v) is 13.5. The second kappa shape index (κ2) is 8.35. The van der Waals surface area contributed by atoms with E-state index in [2.05, 4.69) is 24.2 Å². The van der Waals surface area contributed by atoms with Gasteiger partial charge in [0, 0.05) is 19.2 Å². The standard InChI is InChI=1S/C17H34N2O/c1-3-4-14-5-6-17(18-2)16(11-14)12-19-9-7-15(13-20)8-10-19/h14-18,20H,3-13H2,1-2H3. The molecule has 2 aliphatic rings. The molecule has 2 rings (SSSR count). The van der Waals surface area contributed by atoms with E-state index < -0.39 is 0 Å². The number of hydrogen-bond acceptors (Lipinski definition) is 3. The Morgan fingerprint density at radius 3 is 2.45 bits per heavy atom. The molecule has 3 heteroatoms. The zero-order chi connectivity index (χ0) is 14.4. The molecule has 1 aliphatic carbocycles. The number of aliphatic hydroxyl groups is 1. The summed E-state index contributed by atoms with van der Waals surface area (Å²) in [6.45, 7) is 6.35. The van der Waals surface area contributed by atoms with Crippen LogP contribution in [0.1, 0.15) is 51.9 Å². The van der Waals surface area contributed by atoms with Gasteiger partial charge in [-0.2, -0.15) is 0 Å². The van der Waals surface area contributed by atoms with Gasteiger partial charge in [0.05, 0.1) is 0 Å². The van der Waals surface area contributed by atoms with E-state index in [1.165, 1.54) is 64.6 Å². The van der Waals surface area contributed by atoms with E-state index in [-0.39, 0.29) is 0 Å². The SMILES string of the molecule is CCCC1CCC(NC)C(CN2CCC(CO)CC2)C1. The molecule has 0 radical (unpaired) electrons. The molecular formula is C17H34N2O. The molecule has 118 valence electrons. The Kier molecular flexibility index (Phi) is 6.79. The van der Waals surface area contributed by atoms with Gasteiger partial charge in [-0.15, -0.1) is 0 Å². The third kappa shape index (κ3) is 4.44. The maximum absolute atomic E-state index is 9.24. The molecule has 0 amide bonds. The second-order valence-electron chi connectivity index (χ2n) is 7.05. The van der Waals surface area contributed by atoms with Crippen LogP contribution in [0.4, 0.5) is 0 Å². The van der Waals surface area contributed by atoms with Crippen molar-refractivity contribution in [2.75, 3.05) is 33.3 Å². The van der Waals surface area contributed by atoms with Crippen LogP contribution in [0, 0.1) is 17.8 Å². The first-order chi connectivity index (χ1) is 9.76. The van der Waals surface area contributed by atoms with Crippen LogP contribution >= 0.6 is 0 Å². The van der Waals surface area contributed by atoms with E-state index in [9.17, 15) is 5.11 Å². The molecule has 3 unspecified atom stereocenters. The van der Waals surface area contributed by atoms with Crippen LogP contribution < -0.4 is 5.32 Å². The van der Waals surface area contributed by atoms with Crippen molar-refractivity contribution in [2.45, 2.75) is 57.9 Å². The van der Waals surface area contributed by atoms with Crippen molar-refractivity contribution in [3.63, 3.8) is 0 Å². The predicted molar refractivity (Wildman–Crippen MR) is 84.8 cm³/mol. The van der Waals surface area contributed by atoms with Crippen LogP contribution in [-0.2, 0) is 0 Å². The summed E-state index contributed by atoms with van der Waals surface area (Å²) in [5, 5.41) is 12.8. The lowest BCUT2D eigenvalue weighted by molar-refractivity contribution is 0.0925. The van der Waals surface area contributed by atoms with Crippen molar-refractivity contribution in [3.8, 4) is 0 Å². The molecule has 2 N–H and O–H groups in total. The summed E-state index contributed by atoms with van der Waals surface area (Å²) < 4.78 is 0. The van der Waals surface area contributed by atoms with E-state index >= 15 is 0 Å². The molecule has 2 fully saturated rings. The second-order valence-corrected chi connectivity index (χ2v) is 7.05. The lowest BCUT2D eigenvalue weighted by Gasteiger charge is -2.40. The van der Waals surface area contributed by atoms with Crippen LogP contribution in [0.25, 0.3) is 0 Å². The van der Waals surface area contributed by atoms with Crippen LogP contribution in [-0.4, -0.2) is 49.3 Å².